The first-order valence-corrected chi connectivity index (χ1v) is 7.28. The van der Waals surface area contributed by atoms with E-state index in [9.17, 15) is 15.2 Å². The molecule has 0 fully saturated rings. The summed E-state index contributed by atoms with van der Waals surface area (Å²) in [6.45, 7) is 3.95. The summed E-state index contributed by atoms with van der Waals surface area (Å²) in [5, 5.41) is 21.4. The van der Waals surface area contributed by atoms with E-state index in [4.69, 9.17) is 0 Å². The molecule has 0 bridgehead atoms. The number of carboxylic acid groups (broad SMARTS) is 1. The zero-order chi connectivity index (χ0) is 14.4. The standard InChI is InChI=1S/C14H18N2O2S/c1-9(2)7-12(14(17)18)16-11-5-4-6-13(19-3)10(11)8-15/h4-6,9,12,16H,7H2,1-3H3,(H,17,18). The highest BCUT2D eigenvalue weighted by atomic mass is 32.2. The van der Waals surface area contributed by atoms with Gasteiger partial charge in [0.05, 0.1) is 11.3 Å². The van der Waals surface area contributed by atoms with Gasteiger partial charge in [-0.1, -0.05) is 19.9 Å². The number of aliphatic carboxylic acids is 1. The maximum absolute atomic E-state index is 11.2. The van der Waals surface area contributed by atoms with E-state index < -0.39 is 12.0 Å². The quantitative estimate of drug-likeness (QED) is 0.782. The van der Waals surface area contributed by atoms with E-state index >= 15 is 0 Å². The van der Waals surface area contributed by atoms with E-state index in [1.54, 1.807) is 6.07 Å². The number of hydrogen-bond acceptors (Lipinski definition) is 4. The third-order valence-electron chi connectivity index (χ3n) is 2.69. The van der Waals surface area contributed by atoms with Crippen molar-refractivity contribution in [1.29, 1.82) is 5.26 Å². The smallest absolute Gasteiger partial charge is 0.326 e. The lowest BCUT2D eigenvalue weighted by atomic mass is 10.0. The van der Waals surface area contributed by atoms with Gasteiger partial charge in [-0.3, -0.25) is 0 Å². The third-order valence-corrected chi connectivity index (χ3v) is 3.47. The molecule has 4 nitrogen and oxygen atoms in total. The molecule has 0 aromatic heterocycles. The highest BCUT2D eigenvalue weighted by Gasteiger charge is 2.20. The summed E-state index contributed by atoms with van der Waals surface area (Å²) in [4.78, 5) is 12.1. The van der Waals surface area contributed by atoms with Crippen LogP contribution in [0.4, 0.5) is 5.69 Å². The van der Waals surface area contributed by atoms with Crippen LogP contribution in [-0.4, -0.2) is 23.4 Å². The fourth-order valence-corrected chi connectivity index (χ4v) is 2.39. The van der Waals surface area contributed by atoms with Crippen LogP contribution in [0.1, 0.15) is 25.8 Å². The first-order valence-electron chi connectivity index (χ1n) is 6.06. The second kappa shape index (κ2) is 7.05. The number of carboxylic acids is 1. The number of rotatable bonds is 6. The number of carbonyl (C=O) groups is 1. The van der Waals surface area contributed by atoms with Crippen molar-refractivity contribution in [3.8, 4) is 6.07 Å². The van der Waals surface area contributed by atoms with Crippen molar-refractivity contribution in [2.75, 3.05) is 11.6 Å². The molecule has 1 atom stereocenters. The predicted molar refractivity (Wildman–Crippen MR) is 77.4 cm³/mol. The van der Waals surface area contributed by atoms with Crippen LogP contribution >= 0.6 is 11.8 Å². The van der Waals surface area contributed by atoms with Gasteiger partial charge in [-0.05, 0) is 30.7 Å². The molecule has 0 saturated carbocycles. The summed E-state index contributed by atoms with van der Waals surface area (Å²) in [6.07, 6.45) is 2.41. The van der Waals surface area contributed by atoms with Gasteiger partial charge in [0, 0.05) is 4.90 Å². The van der Waals surface area contributed by atoms with Gasteiger partial charge in [-0.15, -0.1) is 11.8 Å². The molecule has 1 aromatic rings. The van der Waals surface area contributed by atoms with Gasteiger partial charge >= 0.3 is 5.97 Å². The molecule has 0 saturated heterocycles. The Morgan fingerprint density at radius 2 is 2.21 bits per heavy atom. The zero-order valence-corrected chi connectivity index (χ0v) is 12.1. The Balaban J connectivity index is 3.03. The molecule has 1 unspecified atom stereocenters. The van der Waals surface area contributed by atoms with Crippen molar-refractivity contribution < 1.29 is 9.90 Å². The van der Waals surface area contributed by atoms with Crippen LogP contribution in [0.25, 0.3) is 0 Å². The molecule has 19 heavy (non-hydrogen) atoms. The molecule has 1 rings (SSSR count). The first-order chi connectivity index (χ1) is 8.99. The van der Waals surface area contributed by atoms with Crippen LogP contribution in [0.5, 0.6) is 0 Å². The Labute approximate surface area is 117 Å². The second-order valence-corrected chi connectivity index (χ2v) is 5.51. The van der Waals surface area contributed by atoms with Gasteiger partial charge in [0.1, 0.15) is 12.1 Å². The van der Waals surface area contributed by atoms with Crippen molar-refractivity contribution >= 4 is 23.4 Å². The number of anilines is 1. The minimum absolute atomic E-state index is 0.267. The zero-order valence-electron chi connectivity index (χ0n) is 11.3. The van der Waals surface area contributed by atoms with Gasteiger partial charge in [0.2, 0.25) is 0 Å². The normalized spacial score (nSPS) is 11.9. The predicted octanol–water partition coefficient (Wildman–Crippen LogP) is 3.19. The monoisotopic (exact) mass is 278 g/mol. The van der Waals surface area contributed by atoms with E-state index in [1.807, 2.05) is 32.2 Å². The molecule has 0 amide bonds. The minimum atomic E-state index is -0.896. The number of nitrogens with one attached hydrogen (secondary N) is 1. The summed E-state index contributed by atoms with van der Waals surface area (Å²) >= 11 is 1.47. The average molecular weight is 278 g/mol. The number of thioether (sulfide) groups is 1. The van der Waals surface area contributed by atoms with E-state index in [-0.39, 0.29) is 5.92 Å². The van der Waals surface area contributed by atoms with Crippen molar-refractivity contribution in [3.05, 3.63) is 23.8 Å². The SMILES string of the molecule is CSc1cccc(NC(CC(C)C)C(=O)O)c1C#N. The Kier molecular flexibility index (Phi) is 5.71. The van der Waals surface area contributed by atoms with Crippen LogP contribution in [-0.2, 0) is 4.79 Å². The lowest BCUT2D eigenvalue weighted by molar-refractivity contribution is -0.138. The molecule has 102 valence electrons. The van der Waals surface area contributed by atoms with E-state index in [1.165, 1.54) is 11.8 Å². The lowest BCUT2D eigenvalue weighted by Crippen LogP contribution is -2.31. The van der Waals surface area contributed by atoms with Gasteiger partial charge in [0.15, 0.2) is 0 Å². The Hall–Kier alpha value is -1.67. The number of hydrogen-bond donors (Lipinski definition) is 2. The molecule has 0 spiro atoms. The van der Waals surface area contributed by atoms with Crippen LogP contribution in [0.3, 0.4) is 0 Å². The molecule has 0 aliphatic rings. The minimum Gasteiger partial charge on any atom is -0.480 e. The van der Waals surface area contributed by atoms with Gasteiger partial charge in [-0.2, -0.15) is 5.26 Å². The third kappa shape index (κ3) is 4.18. The summed E-state index contributed by atoms with van der Waals surface area (Å²) < 4.78 is 0. The number of nitriles is 1. The Morgan fingerprint density at radius 1 is 1.53 bits per heavy atom. The number of benzene rings is 1. The highest BCUT2D eigenvalue weighted by molar-refractivity contribution is 7.98. The van der Waals surface area contributed by atoms with Crippen molar-refractivity contribution in [3.63, 3.8) is 0 Å². The average Bonchev–Trinajstić information content (AvgIpc) is 2.36. The van der Waals surface area contributed by atoms with Crippen LogP contribution < -0.4 is 5.32 Å². The van der Waals surface area contributed by atoms with Crippen molar-refractivity contribution in [2.24, 2.45) is 5.92 Å². The largest absolute Gasteiger partial charge is 0.480 e. The highest BCUT2D eigenvalue weighted by Crippen LogP contribution is 2.27. The summed E-state index contributed by atoms with van der Waals surface area (Å²) in [7, 11) is 0. The first kappa shape index (κ1) is 15.4. The van der Waals surface area contributed by atoms with Crippen LogP contribution in [0.15, 0.2) is 23.1 Å². The van der Waals surface area contributed by atoms with E-state index in [2.05, 4.69) is 11.4 Å². The Bertz CT molecular complexity index is 495. The lowest BCUT2D eigenvalue weighted by Gasteiger charge is -2.19. The molecular weight excluding hydrogens is 260 g/mol. The van der Waals surface area contributed by atoms with Crippen molar-refractivity contribution in [2.45, 2.75) is 31.2 Å². The second-order valence-electron chi connectivity index (χ2n) is 4.66. The van der Waals surface area contributed by atoms with Crippen molar-refractivity contribution in [1.82, 2.24) is 0 Å². The fourth-order valence-electron chi connectivity index (χ4n) is 1.82. The summed E-state index contributed by atoms with van der Waals surface area (Å²) in [5.41, 5.74) is 1.09. The maximum atomic E-state index is 11.2. The molecule has 0 heterocycles. The molecule has 0 aliphatic carbocycles. The summed E-state index contributed by atoms with van der Waals surface area (Å²) in [5.74, 6) is -0.630. The molecular formula is C14H18N2O2S. The fraction of sp³-hybridized carbons (Fsp3) is 0.429. The van der Waals surface area contributed by atoms with Gasteiger partial charge < -0.3 is 10.4 Å². The summed E-state index contributed by atoms with van der Waals surface area (Å²) in [6, 6.07) is 6.88. The molecule has 2 N–H and O–H groups in total. The van der Waals surface area contributed by atoms with E-state index in [0.717, 1.165) is 4.90 Å². The maximum Gasteiger partial charge on any atom is 0.326 e. The Morgan fingerprint density at radius 3 is 2.68 bits per heavy atom. The van der Waals surface area contributed by atoms with Gasteiger partial charge in [-0.25, -0.2) is 4.79 Å². The van der Waals surface area contributed by atoms with Gasteiger partial charge in [0.25, 0.3) is 0 Å². The molecule has 0 radical (unpaired) electrons. The molecule has 0 aliphatic heterocycles. The van der Waals surface area contributed by atoms with E-state index in [0.29, 0.717) is 17.7 Å². The topological polar surface area (TPSA) is 73.1 Å². The van der Waals surface area contributed by atoms with Crippen LogP contribution in [0.2, 0.25) is 0 Å². The number of nitrogens with zero attached hydrogens (tertiary/aromatic N) is 1. The molecule has 1 aromatic carbocycles. The van der Waals surface area contributed by atoms with Crippen LogP contribution in [0, 0.1) is 17.2 Å². The molecule has 5 heteroatoms.